The minimum absolute atomic E-state index is 0.119. The number of carbonyl (C=O) groups is 1. The molecule has 1 amide bonds. The van der Waals surface area contributed by atoms with Gasteiger partial charge >= 0.3 is 0 Å². The van der Waals surface area contributed by atoms with Gasteiger partial charge in [0.1, 0.15) is 4.83 Å². The van der Waals surface area contributed by atoms with E-state index in [9.17, 15) is 4.79 Å². The van der Waals surface area contributed by atoms with Crippen LogP contribution < -0.4 is 0 Å². The van der Waals surface area contributed by atoms with Gasteiger partial charge in [-0.2, -0.15) is 5.10 Å². The Bertz CT molecular complexity index is 698. The topological polar surface area (TPSA) is 56.6 Å². The molecular weight excluding hydrogens is 314 g/mol. The predicted molar refractivity (Wildman–Crippen MR) is 87.6 cm³/mol. The lowest BCUT2D eigenvalue weighted by molar-refractivity contribution is -0.0968. The van der Waals surface area contributed by atoms with Crippen molar-refractivity contribution in [3.63, 3.8) is 0 Å². The van der Waals surface area contributed by atoms with Gasteiger partial charge in [0, 0.05) is 31.4 Å². The monoisotopic (exact) mass is 335 g/mol. The summed E-state index contributed by atoms with van der Waals surface area (Å²) in [5.74, 6) is 0.404. The van der Waals surface area contributed by atoms with Crippen molar-refractivity contribution in [2.45, 2.75) is 26.1 Å². The molecule has 0 radical (unpaired) electrons. The average molecular weight is 335 g/mol. The van der Waals surface area contributed by atoms with Crippen molar-refractivity contribution in [1.29, 1.82) is 0 Å². The lowest BCUT2D eigenvalue weighted by atomic mass is 9.97. The molecule has 1 unspecified atom stereocenters. The number of aryl methyl sites for hydroxylation is 2. The number of piperidine rings is 1. The molecule has 4 heterocycles. The first-order chi connectivity index (χ1) is 11.1. The smallest absolute Gasteiger partial charge is 0.264 e. The van der Waals surface area contributed by atoms with Crippen molar-refractivity contribution in [3.05, 3.63) is 16.6 Å². The van der Waals surface area contributed by atoms with Gasteiger partial charge in [0.2, 0.25) is 0 Å². The number of amides is 1. The van der Waals surface area contributed by atoms with E-state index in [1.807, 2.05) is 29.6 Å². The molecule has 6 nitrogen and oxygen atoms in total. The van der Waals surface area contributed by atoms with Crippen LogP contribution in [0.15, 0.2) is 6.07 Å². The van der Waals surface area contributed by atoms with Crippen molar-refractivity contribution < 1.29 is 14.3 Å². The summed E-state index contributed by atoms with van der Waals surface area (Å²) in [5.41, 5.74) is 0.974. The van der Waals surface area contributed by atoms with Gasteiger partial charge in [-0.15, -0.1) is 11.3 Å². The Hall–Kier alpha value is -1.44. The van der Waals surface area contributed by atoms with Crippen LogP contribution >= 0.6 is 11.3 Å². The number of rotatable bonds is 2. The molecule has 0 aromatic carbocycles. The zero-order valence-electron chi connectivity index (χ0n) is 13.4. The predicted octanol–water partition coefficient (Wildman–Crippen LogP) is 2.17. The highest BCUT2D eigenvalue weighted by Crippen LogP contribution is 2.31. The first-order valence-electron chi connectivity index (χ1n) is 8.09. The molecule has 1 atom stereocenters. The van der Waals surface area contributed by atoms with Crippen LogP contribution in [0.5, 0.6) is 0 Å². The van der Waals surface area contributed by atoms with Gasteiger partial charge in [0.15, 0.2) is 6.29 Å². The lowest BCUT2D eigenvalue weighted by Gasteiger charge is -2.34. The fraction of sp³-hybridized carbons (Fsp3) is 0.625. The van der Waals surface area contributed by atoms with E-state index in [2.05, 4.69) is 5.10 Å². The number of thiophene rings is 1. The summed E-state index contributed by atoms with van der Waals surface area (Å²) >= 11 is 1.53. The third kappa shape index (κ3) is 2.66. The maximum atomic E-state index is 12.9. The zero-order chi connectivity index (χ0) is 16.0. The van der Waals surface area contributed by atoms with Gasteiger partial charge < -0.3 is 14.4 Å². The molecule has 0 spiro atoms. The van der Waals surface area contributed by atoms with Gasteiger partial charge in [-0.3, -0.25) is 9.48 Å². The van der Waals surface area contributed by atoms with E-state index in [1.54, 1.807) is 0 Å². The van der Waals surface area contributed by atoms with E-state index < -0.39 is 0 Å². The molecule has 2 aromatic heterocycles. The number of likely N-dealkylation sites (tertiary alicyclic amines) is 1. The molecule has 7 heteroatoms. The molecule has 0 aliphatic carbocycles. The van der Waals surface area contributed by atoms with Crippen LogP contribution in [-0.2, 0) is 16.5 Å². The van der Waals surface area contributed by atoms with Crippen LogP contribution in [0.2, 0.25) is 0 Å². The maximum absolute atomic E-state index is 12.9. The molecule has 2 aliphatic heterocycles. The van der Waals surface area contributed by atoms with Gasteiger partial charge in [0.25, 0.3) is 5.91 Å². The SMILES string of the molecule is Cc1nn(C)c2sc(C(=O)N3CCCC(C4OCCO4)C3)cc12. The molecular formula is C16H21N3O3S. The molecule has 0 saturated carbocycles. The number of hydrogen-bond donors (Lipinski definition) is 0. The molecule has 2 aromatic rings. The minimum atomic E-state index is -0.139. The Balaban J connectivity index is 1.53. The number of nitrogens with zero attached hydrogens (tertiary/aromatic N) is 3. The molecule has 0 bridgehead atoms. The maximum Gasteiger partial charge on any atom is 0.264 e. The molecule has 23 heavy (non-hydrogen) atoms. The van der Waals surface area contributed by atoms with Crippen molar-refractivity contribution in [3.8, 4) is 0 Å². The third-order valence-electron chi connectivity index (χ3n) is 4.68. The van der Waals surface area contributed by atoms with Crippen LogP contribution in [0.1, 0.15) is 28.2 Å². The van der Waals surface area contributed by atoms with Crippen LogP contribution in [0.25, 0.3) is 10.2 Å². The van der Waals surface area contributed by atoms with E-state index in [0.717, 1.165) is 46.7 Å². The summed E-state index contributed by atoms with van der Waals surface area (Å²) < 4.78 is 13.1. The van der Waals surface area contributed by atoms with E-state index in [-0.39, 0.29) is 18.1 Å². The van der Waals surface area contributed by atoms with E-state index >= 15 is 0 Å². The third-order valence-corrected chi connectivity index (χ3v) is 5.87. The standard InChI is InChI=1S/C16H21N3O3S/c1-10-12-8-13(23-15(12)18(2)17-10)14(20)19-5-3-4-11(9-19)16-21-6-7-22-16/h8,11,16H,3-7,9H2,1-2H3. The van der Waals surface area contributed by atoms with Crippen molar-refractivity contribution in [2.24, 2.45) is 13.0 Å². The lowest BCUT2D eigenvalue weighted by Crippen LogP contribution is -2.43. The van der Waals surface area contributed by atoms with Crippen LogP contribution in [-0.4, -0.2) is 53.2 Å². The molecule has 0 N–H and O–H groups in total. The largest absolute Gasteiger partial charge is 0.350 e. The number of hydrogen-bond acceptors (Lipinski definition) is 5. The second kappa shape index (κ2) is 5.89. The minimum Gasteiger partial charge on any atom is -0.350 e. The summed E-state index contributed by atoms with van der Waals surface area (Å²) in [6, 6.07) is 1.98. The van der Waals surface area contributed by atoms with Gasteiger partial charge in [-0.1, -0.05) is 0 Å². The Morgan fingerprint density at radius 2 is 2.17 bits per heavy atom. The van der Waals surface area contributed by atoms with Gasteiger partial charge in [0.05, 0.1) is 23.8 Å². The van der Waals surface area contributed by atoms with E-state index in [1.165, 1.54) is 11.3 Å². The van der Waals surface area contributed by atoms with E-state index in [0.29, 0.717) is 13.2 Å². The summed E-state index contributed by atoms with van der Waals surface area (Å²) in [6.07, 6.45) is 1.93. The Morgan fingerprint density at radius 1 is 1.39 bits per heavy atom. The zero-order valence-corrected chi connectivity index (χ0v) is 14.3. The van der Waals surface area contributed by atoms with Gasteiger partial charge in [-0.05, 0) is 25.8 Å². The van der Waals surface area contributed by atoms with Gasteiger partial charge in [-0.25, -0.2) is 0 Å². The summed E-state index contributed by atoms with van der Waals surface area (Å²) in [4.78, 5) is 16.7. The Kier molecular flexibility index (Phi) is 3.87. The highest BCUT2D eigenvalue weighted by molar-refractivity contribution is 7.20. The second-order valence-corrected chi connectivity index (χ2v) is 7.33. The van der Waals surface area contributed by atoms with Crippen molar-refractivity contribution in [1.82, 2.24) is 14.7 Å². The first-order valence-corrected chi connectivity index (χ1v) is 8.91. The fourth-order valence-corrected chi connectivity index (χ4v) is 4.62. The average Bonchev–Trinajstić information content (AvgIpc) is 3.27. The number of aromatic nitrogens is 2. The van der Waals surface area contributed by atoms with Crippen LogP contribution in [0.3, 0.4) is 0 Å². The second-order valence-electron chi connectivity index (χ2n) is 6.30. The highest BCUT2D eigenvalue weighted by Gasteiger charge is 2.33. The summed E-state index contributed by atoms with van der Waals surface area (Å²) in [7, 11) is 1.92. The quantitative estimate of drug-likeness (QED) is 0.844. The summed E-state index contributed by atoms with van der Waals surface area (Å²) in [5, 5.41) is 5.48. The van der Waals surface area contributed by atoms with Crippen molar-refractivity contribution >= 4 is 27.5 Å². The van der Waals surface area contributed by atoms with Crippen LogP contribution in [0, 0.1) is 12.8 Å². The first kappa shape index (κ1) is 15.1. The molecule has 2 fully saturated rings. The normalized spacial score (nSPS) is 23.0. The number of ether oxygens (including phenoxy) is 2. The van der Waals surface area contributed by atoms with Crippen LogP contribution in [0.4, 0.5) is 0 Å². The Morgan fingerprint density at radius 3 is 2.91 bits per heavy atom. The highest BCUT2D eigenvalue weighted by atomic mass is 32.1. The summed E-state index contributed by atoms with van der Waals surface area (Å²) in [6.45, 7) is 4.84. The fourth-order valence-electron chi connectivity index (χ4n) is 3.53. The Labute approximate surface area is 139 Å². The van der Waals surface area contributed by atoms with E-state index in [4.69, 9.17) is 9.47 Å². The number of fused-ring (bicyclic) bond motifs is 1. The number of carbonyl (C=O) groups excluding carboxylic acids is 1. The molecule has 124 valence electrons. The van der Waals surface area contributed by atoms with Crippen molar-refractivity contribution in [2.75, 3.05) is 26.3 Å². The molecule has 4 rings (SSSR count). The molecule has 2 aliphatic rings. The molecule has 2 saturated heterocycles.